The van der Waals surface area contributed by atoms with Crippen molar-refractivity contribution in [2.24, 2.45) is 0 Å². The molecular formula is C22H26N6O3. The number of anilines is 2. The summed E-state index contributed by atoms with van der Waals surface area (Å²) in [7, 11) is 0. The fraction of sp³-hybridized carbons (Fsp3) is 0.364. The molecule has 0 atom stereocenters. The van der Waals surface area contributed by atoms with Gasteiger partial charge in [0, 0.05) is 44.7 Å². The molecule has 3 N–H and O–H groups in total. The Morgan fingerprint density at radius 1 is 1.03 bits per heavy atom. The molecule has 0 spiro atoms. The van der Waals surface area contributed by atoms with Crippen LogP contribution in [0.1, 0.15) is 24.0 Å². The molecule has 31 heavy (non-hydrogen) atoms. The molecule has 0 bridgehead atoms. The molecule has 162 valence electrons. The number of hydrogen-bond donors (Lipinski definition) is 3. The SMILES string of the molecule is Cc1cccc(N2CCN(C(=O)CCC(=O)Nc3ccc4[nH]c(=O)[nH]c4n3)CC2)c1C. The van der Waals surface area contributed by atoms with Crippen LogP contribution < -0.4 is 15.9 Å². The van der Waals surface area contributed by atoms with Crippen LogP contribution in [0.4, 0.5) is 11.5 Å². The van der Waals surface area contributed by atoms with E-state index in [2.05, 4.69) is 57.2 Å². The van der Waals surface area contributed by atoms with Gasteiger partial charge in [-0.15, -0.1) is 0 Å². The molecule has 2 aromatic heterocycles. The monoisotopic (exact) mass is 422 g/mol. The number of hydrogen-bond acceptors (Lipinski definition) is 5. The maximum atomic E-state index is 12.6. The van der Waals surface area contributed by atoms with Crippen LogP contribution in [0.2, 0.25) is 0 Å². The number of imidazole rings is 1. The predicted octanol–water partition coefficient (Wildman–Crippen LogP) is 1.94. The number of nitrogens with zero attached hydrogens (tertiary/aromatic N) is 3. The van der Waals surface area contributed by atoms with Gasteiger partial charge in [-0.05, 0) is 43.2 Å². The minimum atomic E-state index is -0.353. The summed E-state index contributed by atoms with van der Waals surface area (Å²) in [5.41, 5.74) is 4.35. The van der Waals surface area contributed by atoms with Gasteiger partial charge in [0.1, 0.15) is 5.82 Å². The maximum absolute atomic E-state index is 12.6. The van der Waals surface area contributed by atoms with Crippen molar-refractivity contribution in [3.63, 3.8) is 0 Å². The zero-order chi connectivity index (χ0) is 22.0. The minimum absolute atomic E-state index is 0.0193. The van der Waals surface area contributed by atoms with Gasteiger partial charge in [0.15, 0.2) is 5.65 Å². The molecular weight excluding hydrogens is 396 g/mol. The van der Waals surface area contributed by atoms with Gasteiger partial charge in [-0.2, -0.15) is 0 Å². The Morgan fingerprint density at radius 2 is 1.81 bits per heavy atom. The summed E-state index contributed by atoms with van der Waals surface area (Å²) in [6.45, 7) is 7.08. The third-order valence-electron chi connectivity index (χ3n) is 5.76. The average Bonchev–Trinajstić information content (AvgIpc) is 3.13. The quantitative estimate of drug-likeness (QED) is 0.581. The molecule has 1 aromatic carbocycles. The zero-order valence-electron chi connectivity index (χ0n) is 17.7. The van der Waals surface area contributed by atoms with E-state index in [1.807, 2.05) is 4.90 Å². The van der Waals surface area contributed by atoms with Gasteiger partial charge in [-0.3, -0.25) is 14.6 Å². The van der Waals surface area contributed by atoms with E-state index in [4.69, 9.17) is 0 Å². The third-order valence-corrected chi connectivity index (χ3v) is 5.76. The zero-order valence-corrected chi connectivity index (χ0v) is 17.7. The first-order chi connectivity index (χ1) is 14.9. The fourth-order valence-electron chi connectivity index (χ4n) is 3.84. The highest BCUT2D eigenvalue weighted by Crippen LogP contribution is 2.24. The average molecular weight is 422 g/mol. The number of carbonyl (C=O) groups is 2. The molecule has 1 aliphatic heterocycles. The third kappa shape index (κ3) is 4.60. The number of fused-ring (bicyclic) bond motifs is 1. The highest BCUT2D eigenvalue weighted by molar-refractivity contribution is 5.93. The number of aromatic amines is 2. The van der Waals surface area contributed by atoms with Crippen molar-refractivity contribution >= 4 is 34.5 Å². The Morgan fingerprint density at radius 3 is 2.58 bits per heavy atom. The summed E-state index contributed by atoms with van der Waals surface area (Å²) < 4.78 is 0. The van der Waals surface area contributed by atoms with Gasteiger partial charge in [-0.25, -0.2) is 9.78 Å². The van der Waals surface area contributed by atoms with Gasteiger partial charge in [-0.1, -0.05) is 12.1 Å². The second kappa shape index (κ2) is 8.63. The smallest absolute Gasteiger partial charge is 0.325 e. The number of amides is 2. The largest absolute Gasteiger partial charge is 0.368 e. The number of nitrogens with one attached hydrogen (secondary N) is 3. The van der Waals surface area contributed by atoms with Crippen molar-refractivity contribution in [2.45, 2.75) is 26.7 Å². The highest BCUT2D eigenvalue weighted by Gasteiger charge is 2.22. The molecule has 9 heteroatoms. The van der Waals surface area contributed by atoms with Crippen molar-refractivity contribution in [2.75, 3.05) is 36.4 Å². The maximum Gasteiger partial charge on any atom is 0.325 e. The highest BCUT2D eigenvalue weighted by atomic mass is 16.2. The summed E-state index contributed by atoms with van der Waals surface area (Å²) >= 11 is 0. The molecule has 0 aliphatic carbocycles. The molecule has 1 fully saturated rings. The molecule has 9 nitrogen and oxygen atoms in total. The van der Waals surface area contributed by atoms with Crippen LogP contribution in [0, 0.1) is 13.8 Å². The Labute approximate surface area is 179 Å². The van der Waals surface area contributed by atoms with E-state index < -0.39 is 0 Å². The van der Waals surface area contributed by atoms with Crippen molar-refractivity contribution in [1.29, 1.82) is 0 Å². The molecule has 0 radical (unpaired) electrons. The fourth-order valence-corrected chi connectivity index (χ4v) is 3.84. The molecule has 0 unspecified atom stereocenters. The number of piperazine rings is 1. The lowest BCUT2D eigenvalue weighted by molar-refractivity contribution is -0.133. The van der Waals surface area contributed by atoms with Crippen molar-refractivity contribution in [3.05, 3.63) is 51.9 Å². The van der Waals surface area contributed by atoms with Crippen LogP contribution in [0.25, 0.3) is 11.2 Å². The van der Waals surface area contributed by atoms with Gasteiger partial charge < -0.3 is 20.1 Å². The van der Waals surface area contributed by atoms with Crippen LogP contribution in [0.3, 0.4) is 0 Å². The van der Waals surface area contributed by atoms with E-state index >= 15 is 0 Å². The van der Waals surface area contributed by atoms with Gasteiger partial charge in [0.25, 0.3) is 0 Å². The Bertz CT molecular complexity index is 1170. The Kier molecular flexibility index (Phi) is 5.75. The van der Waals surface area contributed by atoms with Crippen molar-refractivity contribution in [3.8, 4) is 0 Å². The van der Waals surface area contributed by atoms with Crippen LogP contribution in [0.15, 0.2) is 35.1 Å². The van der Waals surface area contributed by atoms with E-state index in [1.165, 1.54) is 16.8 Å². The van der Waals surface area contributed by atoms with Crippen LogP contribution in [-0.4, -0.2) is 57.8 Å². The lowest BCUT2D eigenvalue weighted by Crippen LogP contribution is -2.49. The van der Waals surface area contributed by atoms with Crippen molar-refractivity contribution in [1.82, 2.24) is 19.9 Å². The molecule has 0 saturated carbocycles. The first-order valence-corrected chi connectivity index (χ1v) is 10.4. The summed E-state index contributed by atoms with van der Waals surface area (Å²) in [4.78, 5) is 49.6. The Balaban J connectivity index is 1.26. The van der Waals surface area contributed by atoms with Crippen LogP contribution >= 0.6 is 0 Å². The Hall–Kier alpha value is -3.62. The molecule has 3 heterocycles. The summed E-state index contributed by atoms with van der Waals surface area (Å²) in [5, 5.41) is 2.68. The summed E-state index contributed by atoms with van der Waals surface area (Å²) in [6.07, 6.45) is 0.234. The summed E-state index contributed by atoms with van der Waals surface area (Å²) in [6, 6.07) is 9.57. The molecule has 1 saturated heterocycles. The number of carbonyl (C=O) groups excluding carboxylic acids is 2. The van der Waals surface area contributed by atoms with E-state index in [-0.39, 0.29) is 30.3 Å². The van der Waals surface area contributed by atoms with E-state index in [9.17, 15) is 14.4 Å². The standard InChI is InChI=1S/C22H26N6O3/c1-14-4-3-5-17(15(14)2)27-10-12-28(13-11-27)20(30)9-8-19(29)24-18-7-6-16-21(25-18)26-22(31)23-16/h3-7H,8-13H2,1-2H3,(H3,23,24,25,26,29,31). The van der Waals surface area contributed by atoms with E-state index in [0.717, 1.165) is 13.1 Å². The predicted molar refractivity (Wildman–Crippen MR) is 119 cm³/mol. The van der Waals surface area contributed by atoms with E-state index in [0.29, 0.717) is 30.1 Å². The van der Waals surface area contributed by atoms with Gasteiger partial charge in [0.2, 0.25) is 11.8 Å². The molecule has 1 aliphatic rings. The normalized spacial score (nSPS) is 14.1. The lowest BCUT2D eigenvalue weighted by atomic mass is 10.1. The topological polar surface area (TPSA) is 114 Å². The molecule has 3 aromatic rings. The second-order valence-corrected chi connectivity index (χ2v) is 7.81. The van der Waals surface area contributed by atoms with Crippen LogP contribution in [-0.2, 0) is 9.59 Å². The van der Waals surface area contributed by atoms with Gasteiger partial charge in [0.05, 0.1) is 5.52 Å². The minimum Gasteiger partial charge on any atom is -0.368 e. The number of aryl methyl sites for hydroxylation is 1. The molecule has 4 rings (SSSR count). The molecule has 2 amide bonds. The summed E-state index contributed by atoms with van der Waals surface area (Å²) in [5.74, 6) is 0.0311. The number of aromatic nitrogens is 3. The second-order valence-electron chi connectivity index (χ2n) is 7.81. The van der Waals surface area contributed by atoms with Crippen molar-refractivity contribution < 1.29 is 9.59 Å². The first-order valence-electron chi connectivity index (χ1n) is 10.4. The number of H-pyrrole nitrogens is 2. The number of rotatable bonds is 5. The van der Waals surface area contributed by atoms with Gasteiger partial charge >= 0.3 is 5.69 Å². The number of pyridine rings is 1. The van der Waals surface area contributed by atoms with E-state index in [1.54, 1.807) is 12.1 Å². The number of benzene rings is 1. The first kappa shape index (κ1) is 20.6. The van der Waals surface area contributed by atoms with Crippen LogP contribution in [0.5, 0.6) is 0 Å². The lowest BCUT2D eigenvalue weighted by Gasteiger charge is -2.37.